The number of benzene rings is 2. The van der Waals surface area contributed by atoms with E-state index in [9.17, 15) is 10.1 Å². The fourth-order valence-electron chi connectivity index (χ4n) is 2.86. The molecular weight excluding hydrogens is 320 g/mol. The number of nitro groups is 1. The van der Waals surface area contributed by atoms with Crippen LogP contribution in [0.4, 0.5) is 5.69 Å². The predicted octanol–water partition coefficient (Wildman–Crippen LogP) is 3.99. The Hall–Kier alpha value is -1.72. The maximum atomic E-state index is 11.0. The van der Waals surface area contributed by atoms with Crippen LogP contribution in [0.25, 0.3) is 11.1 Å². The molecule has 0 N–H and O–H groups in total. The summed E-state index contributed by atoms with van der Waals surface area (Å²) >= 11 is 3.50. The van der Waals surface area contributed by atoms with Crippen LogP contribution in [-0.4, -0.2) is 23.9 Å². The summed E-state index contributed by atoms with van der Waals surface area (Å²) in [6, 6.07) is 11.3. The van der Waals surface area contributed by atoms with E-state index in [4.69, 9.17) is 0 Å². The summed E-state index contributed by atoms with van der Waals surface area (Å²) in [6.45, 7) is 0. The van der Waals surface area contributed by atoms with Crippen molar-refractivity contribution in [3.63, 3.8) is 0 Å². The molecule has 0 aromatic heterocycles. The van der Waals surface area contributed by atoms with Crippen molar-refractivity contribution >= 4 is 21.6 Å². The first kappa shape index (κ1) is 13.3. The fourth-order valence-corrected chi connectivity index (χ4v) is 3.24. The topological polar surface area (TPSA) is 46.4 Å². The van der Waals surface area contributed by atoms with E-state index >= 15 is 0 Å². The van der Waals surface area contributed by atoms with Gasteiger partial charge in [-0.05, 0) is 54.5 Å². The molecule has 0 spiro atoms. The molecule has 1 atom stereocenters. The van der Waals surface area contributed by atoms with E-state index in [1.807, 2.05) is 26.2 Å². The van der Waals surface area contributed by atoms with Gasteiger partial charge in [0.05, 0.1) is 11.0 Å². The smallest absolute Gasteiger partial charge is 0.269 e. The Labute approximate surface area is 125 Å². The van der Waals surface area contributed by atoms with E-state index in [0.29, 0.717) is 0 Å². The number of non-ortho nitro benzene ring substituents is 1. The first-order valence-electron chi connectivity index (χ1n) is 6.23. The van der Waals surface area contributed by atoms with Crippen LogP contribution in [0.2, 0.25) is 0 Å². The van der Waals surface area contributed by atoms with Crippen molar-refractivity contribution in [2.75, 3.05) is 14.1 Å². The summed E-state index contributed by atoms with van der Waals surface area (Å²) in [4.78, 5) is 12.7. The number of nitro benzene ring substituents is 1. The lowest BCUT2D eigenvalue weighted by atomic mass is 10.0. The summed E-state index contributed by atoms with van der Waals surface area (Å²) in [5.74, 6) is 0. The Morgan fingerprint density at radius 2 is 1.70 bits per heavy atom. The highest BCUT2D eigenvalue weighted by atomic mass is 79.9. The largest absolute Gasteiger partial charge is 0.299 e. The number of hydrogen-bond donors (Lipinski definition) is 0. The Kier molecular flexibility index (Phi) is 3.11. The van der Waals surface area contributed by atoms with Gasteiger partial charge in [0, 0.05) is 16.6 Å². The minimum Gasteiger partial charge on any atom is -0.299 e. The van der Waals surface area contributed by atoms with Gasteiger partial charge in [0.2, 0.25) is 0 Å². The van der Waals surface area contributed by atoms with Crippen molar-refractivity contribution in [2.24, 2.45) is 0 Å². The van der Waals surface area contributed by atoms with Gasteiger partial charge < -0.3 is 0 Å². The van der Waals surface area contributed by atoms with Crippen LogP contribution in [0.5, 0.6) is 0 Å². The van der Waals surface area contributed by atoms with E-state index in [1.165, 1.54) is 5.56 Å². The van der Waals surface area contributed by atoms with Gasteiger partial charge in [-0.1, -0.05) is 22.0 Å². The number of hydrogen-bond acceptors (Lipinski definition) is 3. The van der Waals surface area contributed by atoms with Crippen LogP contribution < -0.4 is 0 Å². The first-order chi connectivity index (χ1) is 9.49. The van der Waals surface area contributed by atoms with Crippen LogP contribution in [0.1, 0.15) is 17.2 Å². The second-order valence-corrected chi connectivity index (χ2v) is 6.04. The van der Waals surface area contributed by atoms with Gasteiger partial charge in [-0.25, -0.2) is 0 Å². The third-order valence-electron chi connectivity index (χ3n) is 3.66. The third kappa shape index (κ3) is 1.94. The zero-order valence-corrected chi connectivity index (χ0v) is 12.7. The quantitative estimate of drug-likeness (QED) is 0.617. The van der Waals surface area contributed by atoms with Crippen molar-refractivity contribution in [3.8, 4) is 11.1 Å². The molecule has 0 unspecified atom stereocenters. The first-order valence-corrected chi connectivity index (χ1v) is 7.03. The van der Waals surface area contributed by atoms with Gasteiger partial charge in [-0.3, -0.25) is 15.0 Å². The molecule has 2 aromatic rings. The van der Waals surface area contributed by atoms with Gasteiger partial charge in [0.25, 0.3) is 5.69 Å². The number of halogens is 1. The normalized spacial score (nSPS) is 16.1. The fraction of sp³-hybridized carbons (Fsp3) is 0.200. The molecule has 1 aliphatic carbocycles. The van der Waals surface area contributed by atoms with Crippen LogP contribution in [-0.2, 0) is 0 Å². The minimum absolute atomic E-state index is 0.0531. The zero-order valence-electron chi connectivity index (χ0n) is 11.1. The Morgan fingerprint density at radius 3 is 2.30 bits per heavy atom. The summed E-state index contributed by atoms with van der Waals surface area (Å²) in [5, 5.41) is 11.0. The molecule has 2 aromatic carbocycles. The lowest BCUT2D eigenvalue weighted by Crippen LogP contribution is -2.19. The van der Waals surface area contributed by atoms with Gasteiger partial charge >= 0.3 is 0 Å². The molecule has 0 radical (unpaired) electrons. The third-order valence-corrected chi connectivity index (χ3v) is 4.15. The highest BCUT2D eigenvalue weighted by Gasteiger charge is 2.31. The summed E-state index contributed by atoms with van der Waals surface area (Å²) < 4.78 is 1.02. The second-order valence-electron chi connectivity index (χ2n) is 5.13. The maximum Gasteiger partial charge on any atom is 0.269 e. The minimum atomic E-state index is -0.341. The summed E-state index contributed by atoms with van der Waals surface area (Å²) in [5.41, 5.74) is 4.55. The summed E-state index contributed by atoms with van der Waals surface area (Å²) in [7, 11) is 3.98. The standard InChI is InChI=1S/C15H13BrN2O2/c1-17(2)15-13-7-9(16)3-5-11(13)12-6-4-10(18(19)20)8-14(12)15/h3-8,15H,1-2H3/t15-/m1/s1. The molecule has 102 valence electrons. The monoisotopic (exact) mass is 332 g/mol. The molecule has 4 nitrogen and oxygen atoms in total. The molecule has 1 aliphatic rings. The summed E-state index contributed by atoms with van der Waals surface area (Å²) in [6.07, 6.45) is 0. The molecule has 20 heavy (non-hydrogen) atoms. The van der Waals surface area contributed by atoms with Crippen LogP contribution in [0, 0.1) is 10.1 Å². The molecule has 0 fully saturated rings. The second kappa shape index (κ2) is 4.68. The molecule has 0 saturated carbocycles. The van der Waals surface area contributed by atoms with Crippen molar-refractivity contribution in [2.45, 2.75) is 6.04 Å². The Morgan fingerprint density at radius 1 is 1.10 bits per heavy atom. The zero-order chi connectivity index (χ0) is 14.4. The van der Waals surface area contributed by atoms with E-state index in [2.05, 4.69) is 33.0 Å². The Bertz CT molecular complexity index is 713. The van der Waals surface area contributed by atoms with Gasteiger partial charge in [-0.15, -0.1) is 0 Å². The number of fused-ring (bicyclic) bond motifs is 3. The van der Waals surface area contributed by atoms with E-state index in [1.54, 1.807) is 12.1 Å². The molecule has 0 saturated heterocycles. The van der Waals surface area contributed by atoms with Gasteiger partial charge in [0.15, 0.2) is 0 Å². The van der Waals surface area contributed by atoms with Crippen LogP contribution in [0.3, 0.4) is 0 Å². The average Bonchev–Trinajstić information content (AvgIpc) is 2.70. The molecule has 0 heterocycles. The van der Waals surface area contributed by atoms with Crippen molar-refractivity contribution in [1.29, 1.82) is 0 Å². The predicted molar refractivity (Wildman–Crippen MR) is 81.8 cm³/mol. The number of rotatable bonds is 2. The SMILES string of the molecule is CN(C)[C@@H]1c2cc(Br)ccc2-c2ccc([N+](=O)[O-])cc21. The van der Waals surface area contributed by atoms with Gasteiger partial charge in [-0.2, -0.15) is 0 Å². The highest BCUT2D eigenvalue weighted by Crippen LogP contribution is 2.47. The average molecular weight is 333 g/mol. The Balaban J connectivity index is 2.26. The molecular formula is C15H13BrN2O2. The number of nitrogens with zero attached hydrogens (tertiary/aromatic N) is 2. The lowest BCUT2D eigenvalue weighted by Gasteiger charge is -2.21. The van der Waals surface area contributed by atoms with E-state index in [-0.39, 0.29) is 16.7 Å². The molecule has 5 heteroatoms. The van der Waals surface area contributed by atoms with Crippen LogP contribution >= 0.6 is 15.9 Å². The van der Waals surface area contributed by atoms with Crippen molar-refractivity contribution in [3.05, 3.63) is 62.1 Å². The van der Waals surface area contributed by atoms with Gasteiger partial charge in [0.1, 0.15) is 0 Å². The molecule has 3 rings (SSSR count). The molecule has 0 amide bonds. The lowest BCUT2D eigenvalue weighted by molar-refractivity contribution is -0.384. The van der Waals surface area contributed by atoms with Crippen LogP contribution in [0.15, 0.2) is 40.9 Å². The molecule has 0 bridgehead atoms. The maximum absolute atomic E-state index is 11.0. The highest BCUT2D eigenvalue weighted by molar-refractivity contribution is 9.10. The van der Waals surface area contributed by atoms with Crippen molar-refractivity contribution in [1.82, 2.24) is 4.90 Å². The van der Waals surface area contributed by atoms with E-state index in [0.717, 1.165) is 21.2 Å². The van der Waals surface area contributed by atoms with E-state index < -0.39 is 0 Å². The molecule has 0 aliphatic heterocycles. The van der Waals surface area contributed by atoms with Crippen molar-refractivity contribution < 1.29 is 4.92 Å².